The SMILES string of the molecule is O=CCCN1C=Cc2ccccc2C1. The van der Waals surface area contributed by atoms with Gasteiger partial charge in [0.15, 0.2) is 0 Å². The molecule has 0 N–H and O–H groups in total. The molecule has 0 amide bonds. The summed E-state index contributed by atoms with van der Waals surface area (Å²) in [4.78, 5) is 12.4. The summed E-state index contributed by atoms with van der Waals surface area (Å²) in [6.07, 6.45) is 5.73. The number of carbonyl (C=O) groups is 1. The van der Waals surface area contributed by atoms with Crippen molar-refractivity contribution in [2.24, 2.45) is 0 Å². The highest BCUT2D eigenvalue weighted by Crippen LogP contribution is 2.18. The van der Waals surface area contributed by atoms with E-state index in [1.807, 2.05) is 6.07 Å². The lowest BCUT2D eigenvalue weighted by molar-refractivity contribution is -0.108. The van der Waals surface area contributed by atoms with Gasteiger partial charge in [-0.15, -0.1) is 0 Å². The zero-order chi connectivity index (χ0) is 9.80. The van der Waals surface area contributed by atoms with Crippen LogP contribution in [0.5, 0.6) is 0 Å². The highest BCUT2D eigenvalue weighted by molar-refractivity contribution is 5.55. The van der Waals surface area contributed by atoms with Crippen molar-refractivity contribution >= 4 is 12.4 Å². The third-order valence-electron chi connectivity index (χ3n) is 2.43. The molecule has 0 radical (unpaired) electrons. The lowest BCUT2D eigenvalue weighted by Gasteiger charge is -2.24. The maximum atomic E-state index is 10.2. The van der Waals surface area contributed by atoms with Gasteiger partial charge in [-0.3, -0.25) is 0 Å². The second kappa shape index (κ2) is 4.09. The maximum absolute atomic E-state index is 10.2. The Morgan fingerprint density at radius 3 is 3.07 bits per heavy atom. The third kappa shape index (κ3) is 1.84. The van der Waals surface area contributed by atoms with Crippen LogP contribution in [-0.4, -0.2) is 17.7 Å². The number of rotatable bonds is 3. The van der Waals surface area contributed by atoms with Crippen LogP contribution in [0, 0.1) is 0 Å². The first-order valence-electron chi connectivity index (χ1n) is 4.84. The van der Waals surface area contributed by atoms with Crippen molar-refractivity contribution in [3.05, 3.63) is 41.6 Å². The van der Waals surface area contributed by atoms with Crippen molar-refractivity contribution in [3.8, 4) is 0 Å². The molecule has 2 rings (SSSR count). The minimum atomic E-state index is 0.604. The van der Waals surface area contributed by atoms with E-state index in [0.29, 0.717) is 6.42 Å². The van der Waals surface area contributed by atoms with Crippen molar-refractivity contribution in [2.45, 2.75) is 13.0 Å². The fourth-order valence-electron chi connectivity index (χ4n) is 1.67. The number of hydrogen-bond acceptors (Lipinski definition) is 2. The summed E-state index contributed by atoms with van der Waals surface area (Å²) in [6, 6.07) is 8.34. The predicted molar refractivity (Wildman–Crippen MR) is 56.6 cm³/mol. The van der Waals surface area contributed by atoms with E-state index < -0.39 is 0 Å². The van der Waals surface area contributed by atoms with Crippen LogP contribution in [0.15, 0.2) is 30.5 Å². The molecule has 72 valence electrons. The van der Waals surface area contributed by atoms with E-state index in [4.69, 9.17) is 0 Å². The van der Waals surface area contributed by atoms with Crippen LogP contribution < -0.4 is 0 Å². The Morgan fingerprint density at radius 1 is 1.36 bits per heavy atom. The third-order valence-corrected chi connectivity index (χ3v) is 2.43. The molecule has 0 saturated carbocycles. The highest BCUT2D eigenvalue weighted by Gasteiger charge is 2.08. The number of hydrogen-bond donors (Lipinski definition) is 0. The van der Waals surface area contributed by atoms with Gasteiger partial charge in [0.25, 0.3) is 0 Å². The highest BCUT2D eigenvalue weighted by atomic mass is 16.1. The molecule has 0 saturated heterocycles. The Balaban J connectivity index is 2.09. The van der Waals surface area contributed by atoms with E-state index in [1.165, 1.54) is 11.1 Å². The van der Waals surface area contributed by atoms with E-state index in [0.717, 1.165) is 19.4 Å². The van der Waals surface area contributed by atoms with Crippen LogP contribution in [0.4, 0.5) is 0 Å². The van der Waals surface area contributed by atoms with E-state index in [-0.39, 0.29) is 0 Å². The van der Waals surface area contributed by atoms with E-state index >= 15 is 0 Å². The fourth-order valence-corrected chi connectivity index (χ4v) is 1.67. The molecule has 0 bridgehead atoms. The Kier molecular flexibility index (Phi) is 2.63. The summed E-state index contributed by atoms with van der Waals surface area (Å²) in [6.45, 7) is 1.73. The normalized spacial score (nSPS) is 13.9. The van der Waals surface area contributed by atoms with Gasteiger partial charge in [0.2, 0.25) is 0 Å². The van der Waals surface area contributed by atoms with Gasteiger partial charge >= 0.3 is 0 Å². The Bertz CT molecular complexity index is 357. The monoisotopic (exact) mass is 187 g/mol. The summed E-state index contributed by atoms with van der Waals surface area (Å²) >= 11 is 0. The molecule has 1 aliphatic heterocycles. The Morgan fingerprint density at radius 2 is 2.21 bits per heavy atom. The zero-order valence-electron chi connectivity index (χ0n) is 8.02. The van der Waals surface area contributed by atoms with Crippen LogP contribution in [-0.2, 0) is 11.3 Å². The summed E-state index contributed by atoms with van der Waals surface area (Å²) < 4.78 is 0. The first kappa shape index (κ1) is 9.00. The van der Waals surface area contributed by atoms with Crippen LogP contribution in [0.1, 0.15) is 17.5 Å². The number of aldehydes is 1. The lowest BCUT2D eigenvalue weighted by atomic mass is 10.0. The smallest absolute Gasteiger partial charge is 0.121 e. The fraction of sp³-hybridized carbons (Fsp3) is 0.250. The van der Waals surface area contributed by atoms with Crippen molar-refractivity contribution in [1.29, 1.82) is 0 Å². The summed E-state index contributed by atoms with van der Waals surface area (Å²) in [7, 11) is 0. The summed E-state index contributed by atoms with van der Waals surface area (Å²) in [5, 5.41) is 0. The topological polar surface area (TPSA) is 20.3 Å². The minimum absolute atomic E-state index is 0.604. The zero-order valence-corrected chi connectivity index (χ0v) is 8.02. The molecular weight excluding hydrogens is 174 g/mol. The molecule has 0 spiro atoms. The molecule has 0 fully saturated rings. The molecule has 0 aromatic heterocycles. The Hall–Kier alpha value is -1.57. The molecule has 2 nitrogen and oxygen atoms in total. The molecule has 0 unspecified atom stereocenters. The van der Waals surface area contributed by atoms with Gasteiger partial charge in [-0.2, -0.15) is 0 Å². The standard InChI is InChI=1S/C12H13NO/c14-9-3-7-13-8-6-11-4-1-2-5-12(11)10-13/h1-2,4-6,8-9H,3,7,10H2. The van der Waals surface area contributed by atoms with Gasteiger partial charge in [-0.05, 0) is 23.4 Å². The van der Waals surface area contributed by atoms with E-state index in [9.17, 15) is 4.79 Å². The summed E-state index contributed by atoms with van der Waals surface area (Å²) in [5.41, 5.74) is 2.62. The van der Waals surface area contributed by atoms with Gasteiger partial charge in [-0.25, -0.2) is 0 Å². The number of fused-ring (bicyclic) bond motifs is 1. The van der Waals surface area contributed by atoms with Crippen molar-refractivity contribution in [3.63, 3.8) is 0 Å². The molecule has 1 heterocycles. The molecule has 0 atom stereocenters. The molecule has 1 aromatic rings. The van der Waals surface area contributed by atoms with E-state index in [2.05, 4.69) is 35.4 Å². The second-order valence-electron chi connectivity index (χ2n) is 3.44. The van der Waals surface area contributed by atoms with Crippen molar-refractivity contribution in [1.82, 2.24) is 4.90 Å². The first-order chi connectivity index (χ1) is 6.90. The van der Waals surface area contributed by atoms with Crippen LogP contribution >= 0.6 is 0 Å². The van der Waals surface area contributed by atoms with Crippen LogP contribution in [0.25, 0.3) is 6.08 Å². The van der Waals surface area contributed by atoms with Gasteiger partial charge in [0, 0.05) is 19.5 Å². The molecule has 2 heteroatoms. The van der Waals surface area contributed by atoms with Crippen molar-refractivity contribution in [2.75, 3.05) is 6.54 Å². The van der Waals surface area contributed by atoms with Crippen molar-refractivity contribution < 1.29 is 4.79 Å². The largest absolute Gasteiger partial charge is 0.373 e. The van der Waals surface area contributed by atoms with Gasteiger partial charge in [0.1, 0.15) is 6.29 Å². The average Bonchev–Trinajstić information content (AvgIpc) is 2.26. The lowest BCUT2D eigenvalue weighted by Crippen LogP contribution is -2.21. The number of carbonyl (C=O) groups excluding carboxylic acids is 1. The number of benzene rings is 1. The number of nitrogens with zero attached hydrogens (tertiary/aromatic N) is 1. The summed E-state index contributed by atoms with van der Waals surface area (Å²) in [5.74, 6) is 0. The van der Waals surface area contributed by atoms with Crippen LogP contribution in [0.2, 0.25) is 0 Å². The Labute approximate surface area is 83.8 Å². The van der Waals surface area contributed by atoms with Crippen LogP contribution in [0.3, 0.4) is 0 Å². The molecule has 0 aliphatic carbocycles. The molecule has 1 aromatic carbocycles. The minimum Gasteiger partial charge on any atom is -0.373 e. The molecular formula is C12H13NO. The second-order valence-corrected chi connectivity index (χ2v) is 3.44. The first-order valence-corrected chi connectivity index (χ1v) is 4.84. The van der Waals surface area contributed by atoms with E-state index in [1.54, 1.807) is 0 Å². The quantitative estimate of drug-likeness (QED) is 0.675. The van der Waals surface area contributed by atoms with Gasteiger partial charge < -0.3 is 9.69 Å². The molecule has 1 aliphatic rings. The average molecular weight is 187 g/mol. The predicted octanol–water partition coefficient (Wildman–Crippen LogP) is 2.06. The van der Waals surface area contributed by atoms with Gasteiger partial charge in [0.05, 0.1) is 0 Å². The molecule has 14 heavy (non-hydrogen) atoms. The maximum Gasteiger partial charge on any atom is 0.121 e. The van der Waals surface area contributed by atoms with Gasteiger partial charge in [-0.1, -0.05) is 24.3 Å².